The number of carboxylic acids is 1. The van der Waals surface area contributed by atoms with Crippen LogP contribution in [0.2, 0.25) is 0 Å². The number of piperidine rings is 1. The average Bonchev–Trinajstić information content (AvgIpc) is 2.69. The Morgan fingerprint density at radius 2 is 2.05 bits per heavy atom. The van der Waals surface area contributed by atoms with Crippen molar-refractivity contribution in [3.8, 4) is 0 Å². The van der Waals surface area contributed by atoms with Crippen LogP contribution in [0.1, 0.15) is 29.5 Å². The zero-order chi connectivity index (χ0) is 15.1. The van der Waals surface area contributed by atoms with Crippen molar-refractivity contribution in [2.75, 3.05) is 6.54 Å². The Labute approximate surface area is 123 Å². The van der Waals surface area contributed by atoms with Crippen LogP contribution in [0.5, 0.6) is 0 Å². The minimum absolute atomic E-state index is 0.0627. The molecular weight excluding hydrogens is 298 g/mol. The summed E-state index contributed by atoms with van der Waals surface area (Å²) in [6.07, 6.45) is 1.11. The molecule has 1 aromatic heterocycles. The fourth-order valence-corrected chi connectivity index (χ4v) is 5.83. The predicted octanol–water partition coefficient (Wildman–Crippen LogP) is 2.24. The monoisotopic (exact) mass is 317 g/mol. The third-order valence-corrected chi connectivity index (χ3v) is 6.96. The molecule has 112 valence electrons. The first-order valence-corrected chi connectivity index (χ1v) is 8.81. The standard InChI is InChI=1S/C13H19NO4S2/c1-8-4-5-11(13(15)16)7-14(8)20(17,18)12-6-9(2)19-10(12)3/h6,8,11H,4-5,7H2,1-3H3,(H,15,16). The molecule has 7 heteroatoms. The number of aryl methyl sites for hydroxylation is 2. The minimum Gasteiger partial charge on any atom is -0.481 e. The van der Waals surface area contributed by atoms with Gasteiger partial charge >= 0.3 is 5.97 Å². The first kappa shape index (κ1) is 15.5. The third kappa shape index (κ3) is 2.75. The smallest absolute Gasteiger partial charge is 0.307 e. The molecule has 0 bridgehead atoms. The van der Waals surface area contributed by atoms with Gasteiger partial charge in [0.05, 0.1) is 10.8 Å². The van der Waals surface area contributed by atoms with Gasteiger partial charge in [-0.25, -0.2) is 8.42 Å². The highest BCUT2D eigenvalue weighted by Crippen LogP contribution is 2.32. The lowest BCUT2D eigenvalue weighted by Crippen LogP contribution is -2.47. The molecule has 0 spiro atoms. The quantitative estimate of drug-likeness (QED) is 0.927. The molecule has 0 saturated carbocycles. The number of carboxylic acid groups (broad SMARTS) is 1. The van der Waals surface area contributed by atoms with Crippen molar-refractivity contribution < 1.29 is 18.3 Å². The van der Waals surface area contributed by atoms with Gasteiger partial charge in [0.1, 0.15) is 0 Å². The van der Waals surface area contributed by atoms with Crippen molar-refractivity contribution in [3.63, 3.8) is 0 Å². The zero-order valence-electron chi connectivity index (χ0n) is 11.8. The summed E-state index contributed by atoms with van der Waals surface area (Å²) < 4.78 is 26.8. The van der Waals surface area contributed by atoms with Crippen LogP contribution in [0.4, 0.5) is 0 Å². The van der Waals surface area contributed by atoms with Gasteiger partial charge < -0.3 is 5.11 Å². The van der Waals surface area contributed by atoms with Gasteiger partial charge in [-0.15, -0.1) is 11.3 Å². The molecule has 0 radical (unpaired) electrons. The number of carbonyl (C=O) groups is 1. The van der Waals surface area contributed by atoms with Gasteiger partial charge in [-0.1, -0.05) is 0 Å². The second kappa shape index (κ2) is 5.46. The van der Waals surface area contributed by atoms with E-state index < -0.39 is 21.9 Å². The summed E-state index contributed by atoms with van der Waals surface area (Å²) in [4.78, 5) is 13.1. The Morgan fingerprint density at radius 1 is 1.40 bits per heavy atom. The predicted molar refractivity (Wildman–Crippen MR) is 77.5 cm³/mol. The maximum absolute atomic E-state index is 12.7. The highest BCUT2D eigenvalue weighted by Gasteiger charge is 2.38. The summed E-state index contributed by atoms with van der Waals surface area (Å²) in [5.74, 6) is -1.53. The number of aliphatic carboxylic acids is 1. The number of nitrogens with zero attached hydrogens (tertiary/aromatic N) is 1. The SMILES string of the molecule is Cc1cc(S(=O)(=O)N2CC(C(=O)O)CCC2C)c(C)s1. The lowest BCUT2D eigenvalue weighted by molar-refractivity contribution is -0.143. The summed E-state index contributed by atoms with van der Waals surface area (Å²) in [6, 6.07) is 1.52. The van der Waals surface area contributed by atoms with Gasteiger partial charge in [0.25, 0.3) is 0 Å². The largest absolute Gasteiger partial charge is 0.481 e. The summed E-state index contributed by atoms with van der Waals surface area (Å²) in [5.41, 5.74) is 0. The van der Waals surface area contributed by atoms with E-state index in [1.807, 2.05) is 13.8 Å². The van der Waals surface area contributed by atoms with E-state index in [-0.39, 0.29) is 12.6 Å². The van der Waals surface area contributed by atoms with Gasteiger partial charge in [0.15, 0.2) is 0 Å². The molecule has 0 aromatic carbocycles. The highest BCUT2D eigenvalue weighted by molar-refractivity contribution is 7.89. The van der Waals surface area contributed by atoms with Gasteiger partial charge in [-0.2, -0.15) is 4.31 Å². The lowest BCUT2D eigenvalue weighted by Gasteiger charge is -2.35. The molecule has 2 heterocycles. The van der Waals surface area contributed by atoms with Crippen molar-refractivity contribution in [1.82, 2.24) is 4.31 Å². The summed E-state index contributed by atoms with van der Waals surface area (Å²) in [5, 5.41) is 9.12. The van der Waals surface area contributed by atoms with Crippen LogP contribution in [0.25, 0.3) is 0 Å². The molecule has 1 aliphatic rings. The molecule has 20 heavy (non-hydrogen) atoms. The molecule has 1 aromatic rings. The molecular formula is C13H19NO4S2. The average molecular weight is 317 g/mol. The molecule has 0 amide bonds. The van der Waals surface area contributed by atoms with Crippen LogP contribution in [-0.4, -0.2) is 36.4 Å². The number of hydrogen-bond acceptors (Lipinski definition) is 4. The van der Waals surface area contributed by atoms with E-state index in [4.69, 9.17) is 5.11 Å². The van der Waals surface area contributed by atoms with E-state index in [1.165, 1.54) is 15.6 Å². The summed E-state index contributed by atoms with van der Waals surface area (Å²) in [6.45, 7) is 5.56. The van der Waals surface area contributed by atoms with Crippen LogP contribution in [0, 0.1) is 19.8 Å². The van der Waals surface area contributed by atoms with Gasteiger partial charge in [0, 0.05) is 22.3 Å². The normalized spacial score (nSPS) is 24.8. The molecule has 5 nitrogen and oxygen atoms in total. The molecule has 2 atom stereocenters. The highest BCUT2D eigenvalue weighted by atomic mass is 32.2. The number of thiophene rings is 1. The number of rotatable bonds is 3. The minimum atomic E-state index is -3.61. The zero-order valence-corrected chi connectivity index (χ0v) is 13.4. The number of sulfonamides is 1. The van der Waals surface area contributed by atoms with E-state index >= 15 is 0 Å². The molecule has 0 aliphatic carbocycles. The molecule has 1 aliphatic heterocycles. The Kier molecular flexibility index (Phi) is 4.22. The van der Waals surface area contributed by atoms with Crippen LogP contribution >= 0.6 is 11.3 Å². The second-order valence-electron chi connectivity index (χ2n) is 5.31. The first-order chi connectivity index (χ1) is 9.23. The van der Waals surface area contributed by atoms with E-state index in [0.717, 1.165) is 9.75 Å². The van der Waals surface area contributed by atoms with E-state index in [0.29, 0.717) is 17.7 Å². The Bertz CT molecular complexity index is 620. The van der Waals surface area contributed by atoms with Crippen LogP contribution in [-0.2, 0) is 14.8 Å². The van der Waals surface area contributed by atoms with Crippen molar-refractivity contribution in [2.24, 2.45) is 5.92 Å². The summed E-state index contributed by atoms with van der Waals surface area (Å²) >= 11 is 1.45. The molecule has 1 saturated heterocycles. The molecule has 1 fully saturated rings. The van der Waals surface area contributed by atoms with Crippen molar-refractivity contribution >= 4 is 27.3 Å². The summed E-state index contributed by atoms with van der Waals surface area (Å²) in [7, 11) is -3.61. The van der Waals surface area contributed by atoms with Crippen LogP contribution in [0.15, 0.2) is 11.0 Å². The van der Waals surface area contributed by atoms with Gasteiger partial charge in [0.2, 0.25) is 10.0 Å². The Hall–Kier alpha value is -0.920. The van der Waals surface area contributed by atoms with Gasteiger partial charge in [-0.05, 0) is 39.7 Å². The van der Waals surface area contributed by atoms with Crippen LogP contribution < -0.4 is 0 Å². The Morgan fingerprint density at radius 3 is 2.55 bits per heavy atom. The van der Waals surface area contributed by atoms with Crippen molar-refractivity contribution in [2.45, 2.75) is 44.6 Å². The number of hydrogen-bond donors (Lipinski definition) is 1. The fraction of sp³-hybridized carbons (Fsp3) is 0.615. The van der Waals surface area contributed by atoms with Gasteiger partial charge in [-0.3, -0.25) is 4.79 Å². The third-order valence-electron chi connectivity index (χ3n) is 3.76. The van der Waals surface area contributed by atoms with E-state index in [2.05, 4.69) is 0 Å². The Balaban J connectivity index is 2.37. The van der Waals surface area contributed by atoms with E-state index in [1.54, 1.807) is 13.0 Å². The lowest BCUT2D eigenvalue weighted by atomic mass is 9.96. The molecule has 2 rings (SSSR count). The molecule has 1 N–H and O–H groups in total. The maximum Gasteiger partial charge on any atom is 0.307 e. The van der Waals surface area contributed by atoms with E-state index in [9.17, 15) is 13.2 Å². The molecule has 2 unspecified atom stereocenters. The second-order valence-corrected chi connectivity index (χ2v) is 8.63. The van der Waals surface area contributed by atoms with Crippen molar-refractivity contribution in [1.29, 1.82) is 0 Å². The first-order valence-electron chi connectivity index (χ1n) is 6.55. The van der Waals surface area contributed by atoms with Crippen LogP contribution in [0.3, 0.4) is 0 Å². The maximum atomic E-state index is 12.7. The topological polar surface area (TPSA) is 74.7 Å². The van der Waals surface area contributed by atoms with Crippen molar-refractivity contribution in [3.05, 3.63) is 15.8 Å². The fourth-order valence-electron chi connectivity index (χ4n) is 2.60.